The highest BCUT2D eigenvalue weighted by Gasteiger charge is 2.36. The number of rotatable bonds is 3. The summed E-state index contributed by atoms with van der Waals surface area (Å²) in [6, 6.07) is 9.96. The van der Waals surface area contributed by atoms with Crippen molar-refractivity contribution in [3.63, 3.8) is 0 Å². The second-order valence-electron chi connectivity index (χ2n) is 4.97. The third-order valence-corrected chi connectivity index (χ3v) is 3.39. The van der Waals surface area contributed by atoms with Gasteiger partial charge in [0.2, 0.25) is 5.88 Å². The van der Waals surface area contributed by atoms with Crippen molar-refractivity contribution >= 4 is 5.65 Å². The maximum absolute atomic E-state index is 13.3. The zero-order valence-corrected chi connectivity index (χ0v) is 12.6. The van der Waals surface area contributed by atoms with Crippen molar-refractivity contribution in [3.8, 4) is 17.0 Å². The van der Waals surface area contributed by atoms with Gasteiger partial charge in [-0.05, 0) is 19.4 Å². The molecular formula is C16H14F3N3O. The number of hydrogen-bond donors (Lipinski definition) is 0. The molecule has 2 heterocycles. The third-order valence-electron chi connectivity index (χ3n) is 3.39. The molecular weight excluding hydrogens is 307 g/mol. The van der Waals surface area contributed by atoms with E-state index in [0.29, 0.717) is 11.3 Å². The summed E-state index contributed by atoms with van der Waals surface area (Å²) in [7, 11) is 0. The standard InChI is InChI=1S/C16H14F3N3O/c1-3-23-13-9-12(16(17,18)19)22-15(20-13)14(10(2)21-22)11-7-5-4-6-8-11/h4-9H,3H2,1-2H3. The van der Waals surface area contributed by atoms with Crippen molar-refractivity contribution in [3.05, 3.63) is 47.8 Å². The van der Waals surface area contributed by atoms with Gasteiger partial charge in [0, 0.05) is 11.6 Å². The van der Waals surface area contributed by atoms with Crippen LogP contribution >= 0.6 is 0 Å². The van der Waals surface area contributed by atoms with E-state index in [9.17, 15) is 13.2 Å². The first kappa shape index (κ1) is 15.3. The molecule has 0 unspecified atom stereocenters. The summed E-state index contributed by atoms with van der Waals surface area (Å²) in [4.78, 5) is 4.21. The van der Waals surface area contributed by atoms with E-state index >= 15 is 0 Å². The van der Waals surface area contributed by atoms with Gasteiger partial charge >= 0.3 is 6.18 Å². The minimum atomic E-state index is -4.56. The molecule has 4 nitrogen and oxygen atoms in total. The van der Waals surface area contributed by atoms with Crippen LogP contribution in [0.25, 0.3) is 16.8 Å². The molecule has 0 amide bonds. The lowest BCUT2D eigenvalue weighted by Gasteiger charge is -2.11. The van der Waals surface area contributed by atoms with Crippen LogP contribution in [0.4, 0.5) is 13.2 Å². The normalized spacial score (nSPS) is 11.9. The number of alkyl halides is 3. The van der Waals surface area contributed by atoms with Crippen molar-refractivity contribution in [2.75, 3.05) is 6.61 Å². The van der Waals surface area contributed by atoms with E-state index in [-0.39, 0.29) is 18.1 Å². The first-order valence-corrected chi connectivity index (χ1v) is 7.07. The average Bonchev–Trinajstić information content (AvgIpc) is 2.82. The molecule has 0 radical (unpaired) electrons. The van der Waals surface area contributed by atoms with Crippen molar-refractivity contribution in [1.82, 2.24) is 14.6 Å². The van der Waals surface area contributed by atoms with Gasteiger partial charge in [0.05, 0.1) is 12.3 Å². The smallest absolute Gasteiger partial charge is 0.433 e. The highest BCUT2D eigenvalue weighted by molar-refractivity contribution is 5.80. The highest BCUT2D eigenvalue weighted by Crippen LogP contribution is 2.35. The summed E-state index contributed by atoms with van der Waals surface area (Å²) >= 11 is 0. The number of halogens is 3. The van der Waals surface area contributed by atoms with E-state index in [4.69, 9.17) is 4.74 Å². The molecule has 2 aromatic heterocycles. The molecule has 0 aliphatic heterocycles. The molecule has 7 heteroatoms. The molecule has 3 aromatic rings. The quantitative estimate of drug-likeness (QED) is 0.728. The highest BCUT2D eigenvalue weighted by atomic mass is 19.4. The van der Waals surface area contributed by atoms with Gasteiger partial charge in [-0.15, -0.1) is 0 Å². The predicted octanol–water partition coefficient (Wildman–Crippen LogP) is 4.12. The summed E-state index contributed by atoms with van der Waals surface area (Å²) < 4.78 is 46.0. The lowest BCUT2D eigenvalue weighted by Crippen LogP contribution is -2.14. The van der Waals surface area contributed by atoms with Crippen LogP contribution < -0.4 is 4.74 Å². The topological polar surface area (TPSA) is 39.4 Å². The summed E-state index contributed by atoms with van der Waals surface area (Å²) in [5.41, 5.74) is 1.03. The minimum Gasteiger partial charge on any atom is -0.478 e. The van der Waals surface area contributed by atoms with Gasteiger partial charge in [0.1, 0.15) is 0 Å². The van der Waals surface area contributed by atoms with Crippen LogP contribution in [0.2, 0.25) is 0 Å². The average molecular weight is 321 g/mol. The number of ether oxygens (including phenoxy) is 1. The second-order valence-corrected chi connectivity index (χ2v) is 4.97. The number of hydrogen-bond acceptors (Lipinski definition) is 3. The molecule has 0 saturated carbocycles. The largest absolute Gasteiger partial charge is 0.478 e. The summed E-state index contributed by atoms with van der Waals surface area (Å²) in [6.45, 7) is 3.59. The molecule has 0 aliphatic rings. The van der Waals surface area contributed by atoms with E-state index < -0.39 is 11.9 Å². The number of nitrogens with zero attached hydrogens (tertiary/aromatic N) is 3. The zero-order valence-electron chi connectivity index (χ0n) is 12.6. The Hall–Kier alpha value is -2.57. The number of aromatic nitrogens is 3. The Bertz CT molecular complexity index is 841. The fraction of sp³-hybridized carbons (Fsp3) is 0.250. The number of benzene rings is 1. The Morgan fingerprint density at radius 3 is 2.48 bits per heavy atom. The van der Waals surface area contributed by atoms with Crippen molar-refractivity contribution in [1.29, 1.82) is 0 Å². The predicted molar refractivity (Wildman–Crippen MR) is 79.3 cm³/mol. The third kappa shape index (κ3) is 2.74. The monoisotopic (exact) mass is 321 g/mol. The van der Waals surface area contributed by atoms with Crippen LogP contribution in [0.1, 0.15) is 18.3 Å². The SMILES string of the molecule is CCOc1cc(C(F)(F)F)n2nc(C)c(-c3ccccc3)c2n1. The van der Waals surface area contributed by atoms with E-state index in [1.165, 1.54) is 0 Å². The molecule has 1 aromatic carbocycles. The lowest BCUT2D eigenvalue weighted by atomic mass is 10.1. The summed E-state index contributed by atoms with van der Waals surface area (Å²) in [5, 5.41) is 4.04. The van der Waals surface area contributed by atoms with Crippen LogP contribution in [0, 0.1) is 6.92 Å². The Kier molecular flexibility index (Phi) is 3.71. The molecule has 0 N–H and O–H groups in total. The van der Waals surface area contributed by atoms with E-state index in [1.54, 1.807) is 13.8 Å². The number of aryl methyl sites for hydroxylation is 1. The van der Waals surface area contributed by atoms with Gasteiger partial charge in [-0.2, -0.15) is 23.3 Å². The van der Waals surface area contributed by atoms with Crippen LogP contribution in [0.3, 0.4) is 0 Å². The van der Waals surface area contributed by atoms with Crippen LogP contribution in [0.5, 0.6) is 5.88 Å². The molecule has 0 spiro atoms. The Labute approximate surface area is 130 Å². The molecule has 120 valence electrons. The molecule has 3 rings (SSSR count). The van der Waals surface area contributed by atoms with Gasteiger partial charge < -0.3 is 4.74 Å². The maximum atomic E-state index is 13.3. The summed E-state index contributed by atoms with van der Waals surface area (Å²) in [6.07, 6.45) is -4.56. The molecule has 23 heavy (non-hydrogen) atoms. The van der Waals surface area contributed by atoms with Crippen molar-refractivity contribution in [2.45, 2.75) is 20.0 Å². The fourth-order valence-electron chi connectivity index (χ4n) is 2.47. The maximum Gasteiger partial charge on any atom is 0.433 e. The first-order valence-electron chi connectivity index (χ1n) is 7.07. The van der Waals surface area contributed by atoms with Crippen LogP contribution in [-0.4, -0.2) is 21.2 Å². The van der Waals surface area contributed by atoms with Crippen molar-refractivity contribution in [2.24, 2.45) is 0 Å². The number of fused-ring (bicyclic) bond motifs is 1. The second kappa shape index (κ2) is 5.57. The van der Waals surface area contributed by atoms with Crippen LogP contribution in [0.15, 0.2) is 36.4 Å². The zero-order chi connectivity index (χ0) is 16.6. The van der Waals surface area contributed by atoms with Gasteiger partial charge in [-0.3, -0.25) is 0 Å². The molecule has 0 atom stereocenters. The van der Waals surface area contributed by atoms with E-state index in [0.717, 1.165) is 16.1 Å². The summed E-state index contributed by atoms with van der Waals surface area (Å²) in [5.74, 6) is -0.0654. The van der Waals surface area contributed by atoms with Crippen molar-refractivity contribution < 1.29 is 17.9 Å². The molecule has 0 fully saturated rings. The Morgan fingerprint density at radius 2 is 1.87 bits per heavy atom. The molecule has 0 bridgehead atoms. The minimum absolute atomic E-state index is 0.0654. The molecule has 0 aliphatic carbocycles. The fourth-order valence-corrected chi connectivity index (χ4v) is 2.47. The van der Waals surface area contributed by atoms with E-state index in [2.05, 4.69) is 10.1 Å². The van der Waals surface area contributed by atoms with Crippen LogP contribution in [-0.2, 0) is 6.18 Å². The van der Waals surface area contributed by atoms with Gasteiger partial charge in [-0.25, -0.2) is 4.52 Å². The lowest BCUT2D eigenvalue weighted by molar-refractivity contribution is -0.142. The first-order chi connectivity index (χ1) is 10.9. The van der Waals surface area contributed by atoms with Gasteiger partial charge in [0.15, 0.2) is 11.3 Å². The van der Waals surface area contributed by atoms with E-state index in [1.807, 2.05) is 30.3 Å². The van der Waals surface area contributed by atoms with Gasteiger partial charge in [0.25, 0.3) is 0 Å². The Balaban J connectivity index is 2.35. The Morgan fingerprint density at radius 1 is 1.17 bits per heavy atom. The molecule has 0 saturated heterocycles. The van der Waals surface area contributed by atoms with Gasteiger partial charge in [-0.1, -0.05) is 30.3 Å².